The van der Waals surface area contributed by atoms with E-state index >= 15 is 0 Å². The van der Waals surface area contributed by atoms with Crippen LogP contribution in [0.1, 0.15) is 31.9 Å². The quantitative estimate of drug-likeness (QED) is 0.746. The van der Waals surface area contributed by atoms with Crippen LogP contribution in [0.5, 0.6) is 0 Å². The van der Waals surface area contributed by atoms with Crippen molar-refractivity contribution in [3.8, 4) is 0 Å². The zero-order valence-electron chi connectivity index (χ0n) is 17.0. The first kappa shape index (κ1) is 25.2. The second kappa shape index (κ2) is 10.8. The molecule has 1 aromatic heterocycles. The summed E-state index contributed by atoms with van der Waals surface area (Å²) in [6, 6.07) is 13.4. The van der Waals surface area contributed by atoms with Crippen molar-refractivity contribution in [1.82, 2.24) is 10.3 Å². The lowest BCUT2D eigenvalue weighted by molar-refractivity contribution is -0.126. The van der Waals surface area contributed by atoms with Crippen LogP contribution in [-0.2, 0) is 21.6 Å². The Kier molecular flexibility index (Phi) is 9.36. The van der Waals surface area contributed by atoms with Gasteiger partial charge in [-0.1, -0.05) is 36.4 Å². The van der Waals surface area contributed by atoms with Crippen molar-refractivity contribution in [2.75, 3.05) is 18.0 Å². The summed E-state index contributed by atoms with van der Waals surface area (Å²) in [5, 5.41) is 2.91. The third-order valence-corrected chi connectivity index (χ3v) is 4.85. The third kappa shape index (κ3) is 6.31. The van der Waals surface area contributed by atoms with Crippen LogP contribution in [0.3, 0.4) is 0 Å². The van der Waals surface area contributed by atoms with Gasteiger partial charge in [0.05, 0.1) is 12.2 Å². The molecule has 1 aromatic carbocycles. The van der Waals surface area contributed by atoms with Gasteiger partial charge >= 0.3 is 0 Å². The summed E-state index contributed by atoms with van der Waals surface area (Å²) in [5.74, 6) is 0.716. The van der Waals surface area contributed by atoms with Crippen molar-refractivity contribution in [3.05, 3.63) is 59.8 Å². The molecule has 1 amide bonds. The van der Waals surface area contributed by atoms with Crippen molar-refractivity contribution in [2.45, 2.75) is 45.1 Å². The molecule has 29 heavy (non-hydrogen) atoms. The van der Waals surface area contributed by atoms with Gasteiger partial charge < -0.3 is 20.7 Å². The maximum Gasteiger partial charge on any atom is 0.244 e. The fraction of sp³-hybridized carbons (Fsp3) is 0.429. The lowest BCUT2D eigenvalue weighted by Gasteiger charge is -2.36. The van der Waals surface area contributed by atoms with E-state index in [1.165, 1.54) is 0 Å². The van der Waals surface area contributed by atoms with Crippen LogP contribution in [0.2, 0.25) is 0 Å². The number of halogens is 2. The number of hydrogen-bond acceptors (Lipinski definition) is 5. The maximum absolute atomic E-state index is 12.5. The van der Waals surface area contributed by atoms with Crippen molar-refractivity contribution < 1.29 is 9.53 Å². The molecule has 6 nitrogen and oxygen atoms in total. The summed E-state index contributed by atoms with van der Waals surface area (Å²) < 4.78 is 5.77. The topological polar surface area (TPSA) is 80.5 Å². The van der Waals surface area contributed by atoms with Gasteiger partial charge in [-0.25, -0.2) is 4.98 Å². The number of nitrogens with two attached hydrogens (primary N) is 1. The Balaban J connectivity index is 0.00000210. The van der Waals surface area contributed by atoms with E-state index in [1.807, 2.05) is 42.5 Å². The van der Waals surface area contributed by atoms with E-state index in [4.69, 9.17) is 10.5 Å². The molecule has 3 rings (SSSR count). The first-order valence-corrected chi connectivity index (χ1v) is 9.34. The van der Waals surface area contributed by atoms with Gasteiger partial charge in [-0.15, -0.1) is 24.8 Å². The van der Waals surface area contributed by atoms with Crippen molar-refractivity contribution in [1.29, 1.82) is 0 Å². The van der Waals surface area contributed by atoms with Crippen LogP contribution in [-0.4, -0.2) is 36.2 Å². The largest absolute Gasteiger partial charge is 0.372 e. The Bertz CT molecular complexity index is 762. The molecule has 3 unspecified atom stereocenters. The Morgan fingerprint density at radius 3 is 2.34 bits per heavy atom. The first-order valence-electron chi connectivity index (χ1n) is 9.34. The van der Waals surface area contributed by atoms with Crippen molar-refractivity contribution in [2.24, 2.45) is 5.73 Å². The average molecular weight is 441 g/mol. The van der Waals surface area contributed by atoms with Gasteiger partial charge in [-0.3, -0.25) is 4.79 Å². The molecule has 0 aliphatic carbocycles. The molecule has 2 heterocycles. The molecule has 0 bridgehead atoms. The van der Waals surface area contributed by atoms with Crippen molar-refractivity contribution in [3.63, 3.8) is 0 Å². The number of aromatic nitrogens is 1. The number of rotatable bonds is 5. The zero-order chi connectivity index (χ0) is 19.4. The predicted molar refractivity (Wildman–Crippen MR) is 121 cm³/mol. The summed E-state index contributed by atoms with van der Waals surface area (Å²) in [6.45, 7) is 7.92. The SMILES string of the molecule is CC1CN(c2ccc(CNC(=O)C(C)(N)c3ccccc3)cn2)CC(C)O1.Cl.Cl. The number of nitrogens with zero attached hydrogens (tertiary/aromatic N) is 2. The molecule has 8 heteroatoms. The van der Waals surface area contributed by atoms with Crippen LogP contribution in [0.4, 0.5) is 5.82 Å². The summed E-state index contributed by atoms with van der Waals surface area (Å²) in [6.07, 6.45) is 2.18. The van der Waals surface area contributed by atoms with Gasteiger partial charge in [0.25, 0.3) is 0 Å². The second-order valence-electron chi connectivity index (χ2n) is 7.44. The summed E-state index contributed by atoms with van der Waals surface area (Å²) in [7, 11) is 0. The standard InChI is InChI=1S/C21H28N4O2.2ClH/c1-15-13-25(14-16(2)27-15)19-10-9-17(11-23-19)12-24-20(26)21(3,22)18-7-5-4-6-8-18;;/h4-11,15-16H,12-14,22H2,1-3H3,(H,24,26);2*1H. The van der Waals surface area contributed by atoms with E-state index in [2.05, 4.69) is 29.0 Å². The minimum Gasteiger partial charge on any atom is -0.372 e. The number of ether oxygens (including phenoxy) is 1. The maximum atomic E-state index is 12.5. The molecule has 0 radical (unpaired) electrons. The van der Waals surface area contributed by atoms with Gasteiger partial charge in [0.15, 0.2) is 0 Å². The summed E-state index contributed by atoms with van der Waals surface area (Å²) in [4.78, 5) is 19.3. The highest BCUT2D eigenvalue weighted by Gasteiger charge is 2.30. The van der Waals surface area contributed by atoms with Crippen LogP contribution < -0.4 is 16.0 Å². The monoisotopic (exact) mass is 440 g/mol. The zero-order valence-corrected chi connectivity index (χ0v) is 18.6. The number of carbonyl (C=O) groups excluding carboxylic acids is 1. The highest BCUT2D eigenvalue weighted by atomic mass is 35.5. The minimum absolute atomic E-state index is 0. The molecule has 0 saturated carbocycles. The highest BCUT2D eigenvalue weighted by Crippen LogP contribution is 2.19. The van der Waals surface area contributed by atoms with Gasteiger partial charge in [0.1, 0.15) is 11.4 Å². The highest BCUT2D eigenvalue weighted by molar-refractivity contribution is 5.87. The van der Waals surface area contributed by atoms with Gasteiger partial charge in [0.2, 0.25) is 5.91 Å². The van der Waals surface area contributed by atoms with E-state index in [1.54, 1.807) is 13.1 Å². The minimum atomic E-state index is -1.07. The fourth-order valence-corrected chi connectivity index (χ4v) is 3.35. The first-order chi connectivity index (χ1) is 12.9. The molecule has 160 valence electrons. The van der Waals surface area contributed by atoms with E-state index in [0.717, 1.165) is 30.0 Å². The number of morpholine rings is 1. The number of carbonyl (C=O) groups is 1. The van der Waals surface area contributed by atoms with Crippen LogP contribution in [0, 0.1) is 0 Å². The number of anilines is 1. The molecule has 1 saturated heterocycles. The number of benzene rings is 1. The molecule has 3 N–H and O–H groups in total. The summed E-state index contributed by atoms with van der Waals surface area (Å²) in [5.41, 5.74) is 6.89. The van der Waals surface area contributed by atoms with Crippen LogP contribution in [0.25, 0.3) is 0 Å². The number of pyridine rings is 1. The Labute approximate surface area is 185 Å². The van der Waals surface area contributed by atoms with E-state index < -0.39 is 5.54 Å². The number of hydrogen-bond donors (Lipinski definition) is 2. The lowest BCUT2D eigenvalue weighted by Crippen LogP contribution is -2.48. The Hall–Kier alpha value is -1.86. The molecular formula is C21H30Cl2N4O2. The number of nitrogens with one attached hydrogen (secondary N) is 1. The smallest absolute Gasteiger partial charge is 0.244 e. The normalized spacial score (nSPS) is 20.6. The number of amides is 1. The predicted octanol–water partition coefficient (Wildman–Crippen LogP) is 3.03. The lowest BCUT2D eigenvalue weighted by atomic mass is 9.92. The molecule has 0 spiro atoms. The Morgan fingerprint density at radius 2 is 1.79 bits per heavy atom. The van der Waals surface area contributed by atoms with E-state index in [0.29, 0.717) is 6.54 Å². The third-order valence-electron chi connectivity index (χ3n) is 4.85. The molecule has 2 aromatic rings. The summed E-state index contributed by atoms with van der Waals surface area (Å²) >= 11 is 0. The van der Waals surface area contributed by atoms with E-state index in [-0.39, 0.29) is 42.9 Å². The average Bonchev–Trinajstić information content (AvgIpc) is 2.66. The Morgan fingerprint density at radius 1 is 1.17 bits per heavy atom. The van der Waals surface area contributed by atoms with Gasteiger partial charge in [0, 0.05) is 25.8 Å². The second-order valence-corrected chi connectivity index (χ2v) is 7.44. The van der Waals surface area contributed by atoms with Gasteiger partial charge in [-0.05, 0) is 38.0 Å². The molecular weight excluding hydrogens is 411 g/mol. The molecule has 3 atom stereocenters. The molecule has 1 aliphatic heterocycles. The van der Waals surface area contributed by atoms with Crippen LogP contribution >= 0.6 is 24.8 Å². The van der Waals surface area contributed by atoms with Gasteiger partial charge in [-0.2, -0.15) is 0 Å². The van der Waals surface area contributed by atoms with Crippen molar-refractivity contribution >= 4 is 36.5 Å². The van der Waals surface area contributed by atoms with E-state index in [9.17, 15) is 4.79 Å². The molecule has 1 fully saturated rings. The fourth-order valence-electron chi connectivity index (χ4n) is 3.35. The van der Waals surface area contributed by atoms with Crippen LogP contribution in [0.15, 0.2) is 48.7 Å². The molecule has 1 aliphatic rings.